The second-order valence-electron chi connectivity index (χ2n) is 14.7. The summed E-state index contributed by atoms with van der Waals surface area (Å²) >= 11 is 10.1. The number of aromatic nitrogens is 2. The van der Waals surface area contributed by atoms with Gasteiger partial charge in [0.05, 0.1) is 70.0 Å². The van der Waals surface area contributed by atoms with Gasteiger partial charge in [0.25, 0.3) is 0 Å². The number of carbonyl (C=O) groups is 4. The molecule has 0 fully saturated rings. The highest BCUT2D eigenvalue weighted by Gasteiger charge is 2.18. The van der Waals surface area contributed by atoms with Crippen LogP contribution in [0.25, 0.3) is 22.6 Å². The Kier molecular flexibility index (Phi) is 18.8. The van der Waals surface area contributed by atoms with E-state index >= 15 is 0 Å². The number of hydrogen-bond acceptors (Lipinski definition) is 18. The lowest BCUT2D eigenvalue weighted by Crippen LogP contribution is -2.43. The van der Waals surface area contributed by atoms with Crippen molar-refractivity contribution in [3.63, 3.8) is 0 Å². The minimum atomic E-state index is -1.46. The SMILES string of the molecule is O=C([O-])CN(CC(=O)[O-])Cc1cc(-c2ccco2)cc(CN(CCCCCCNC(=S)Nc2ccc(N=C=S)cc2)Cc2cc(-c3ccco3)cc(CN(CC(=O)[O-])CC(=O)[O-])n2)n1. The predicted octanol–water partition coefficient (Wildman–Crippen LogP) is 0.884. The summed E-state index contributed by atoms with van der Waals surface area (Å²) in [6.07, 6.45) is 6.32. The van der Waals surface area contributed by atoms with Crippen molar-refractivity contribution < 1.29 is 48.4 Å². The van der Waals surface area contributed by atoms with Gasteiger partial charge < -0.3 is 59.1 Å². The van der Waals surface area contributed by atoms with Crippen molar-refractivity contribution in [3.8, 4) is 22.6 Å². The maximum Gasteiger partial charge on any atom is 0.170 e. The van der Waals surface area contributed by atoms with Crippen LogP contribution in [0.1, 0.15) is 48.5 Å². The van der Waals surface area contributed by atoms with Crippen LogP contribution >= 0.6 is 24.4 Å². The maximum atomic E-state index is 11.5. The molecule has 5 rings (SSSR count). The maximum absolute atomic E-state index is 11.5. The van der Waals surface area contributed by atoms with Crippen molar-refractivity contribution in [2.45, 2.75) is 51.9 Å². The highest BCUT2D eigenvalue weighted by molar-refractivity contribution is 7.80. The zero-order chi connectivity index (χ0) is 45.8. The fourth-order valence-electron chi connectivity index (χ4n) is 6.85. The molecule has 18 nitrogen and oxygen atoms in total. The number of nitrogens with zero attached hydrogens (tertiary/aromatic N) is 6. The zero-order valence-corrected chi connectivity index (χ0v) is 36.2. The van der Waals surface area contributed by atoms with E-state index < -0.39 is 50.1 Å². The molecule has 0 saturated carbocycles. The molecule has 1 aromatic carbocycles. The van der Waals surface area contributed by atoms with E-state index in [-0.39, 0.29) is 26.2 Å². The van der Waals surface area contributed by atoms with Crippen molar-refractivity contribution in [2.75, 3.05) is 44.6 Å². The number of aliphatic imine (C=N–C) groups is 1. The average Bonchev–Trinajstić information content (AvgIpc) is 3.97. The van der Waals surface area contributed by atoms with Gasteiger partial charge in [0.2, 0.25) is 0 Å². The highest BCUT2D eigenvalue weighted by Crippen LogP contribution is 2.26. The number of nitrogens with one attached hydrogen (secondary N) is 2. The Hall–Kier alpha value is -6.67. The van der Waals surface area contributed by atoms with Gasteiger partial charge in [-0.3, -0.25) is 24.7 Å². The predicted molar refractivity (Wildman–Crippen MR) is 232 cm³/mol. The van der Waals surface area contributed by atoms with Gasteiger partial charge in [0, 0.05) is 75.7 Å². The van der Waals surface area contributed by atoms with Crippen molar-refractivity contribution in [3.05, 3.63) is 108 Å². The molecule has 20 heteroatoms. The third kappa shape index (κ3) is 16.9. The Morgan fingerprint density at radius 1 is 0.625 bits per heavy atom. The lowest BCUT2D eigenvalue weighted by atomic mass is 10.1. The van der Waals surface area contributed by atoms with E-state index in [9.17, 15) is 39.6 Å². The smallest absolute Gasteiger partial charge is 0.170 e. The molecule has 64 heavy (non-hydrogen) atoms. The monoisotopic (exact) mass is 908 g/mol. The van der Waals surface area contributed by atoms with Gasteiger partial charge >= 0.3 is 0 Å². The molecule has 336 valence electrons. The number of rotatable bonds is 27. The molecule has 0 spiro atoms. The van der Waals surface area contributed by atoms with Crippen LogP contribution in [-0.4, -0.2) is 98.1 Å². The van der Waals surface area contributed by atoms with E-state index in [1.54, 1.807) is 48.5 Å². The number of isothiocyanates is 1. The minimum Gasteiger partial charge on any atom is -0.549 e. The first-order valence-corrected chi connectivity index (χ1v) is 20.9. The summed E-state index contributed by atoms with van der Waals surface area (Å²) in [7, 11) is 0. The van der Waals surface area contributed by atoms with Crippen molar-refractivity contribution in [1.29, 1.82) is 0 Å². The Labute approximate surface area is 379 Å². The number of carbonyl (C=O) groups excluding carboxylic acids is 4. The molecule has 0 aliphatic heterocycles. The number of pyridine rings is 2. The molecule has 0 unspecified atom stereocenters. The molecule has 0 aliphatic rings. The Balaban J connectivity index is 1.36. The first-order chi connectivity index (χ1) is 30.8. The van der Waals surface area contributed by atoms with Crippen LogP contribution in [0.4, 0.5) is 11.4 Å². The van der Waals surface area contributed by atoms with E-state index in [0.29, 0.717) is 69.3 Å². The molecular weight excluding hydrogens is 865 g/mol. The van der Waals surface area contributed by atoms with E-state index in [1.165, 1.54) is 12.5 Å². The average molecular weight is 909 g/mol. The van der Waals surface area contributed by atoms with E-state index in [4.69, 9.17) is 31.0 Å². The topological polar surface area (TPSA) is 259 Å². The second-order valence-corrected chi connectivity index (χ2v) is 15.3. The van der Waals surface area contributed by atoms with E-state index in [1.807, 2.05) is 24.3 Å². The molecule has 0 atom stereocenters. The van der Waals surface area contributed by atoms with Gasteiger partial charge in [-0.1, -0.05) is 12.8 Å². The lowest BCUT2D eigenvalue weighted by Gasteiger charge is -2.25. The van der Waals surface area contributed by atoms with Gasteiger partial charge in [-0.25, -0.2) is 0 Å². The second kappa shape index (κ2) is 24.8. The van der Waals surface area contributed by atoms with Crippen molar-refractivity contribution >= 4 is 70.0 Å². The summed E-state index contributed by atoms with van der Waals surface area (Å²) in [6.45, 7) is -1.23. The van der Waals surface area contributed by atoms with Crippen LogP contribution < -0.4 is 31.1 Å². The standard InChI is InChI=1S/C44H48N8O10S2/c53-40(54)25-51(26-41(55)56)23-36-19-30(38-7-5-15-61-38)17-34(47-36)21-50(14-4-2-1-3-13-45-44(64)49-33-11-9-32(10-12-33)46-29-63)22-35-18-31(39-8-6-16-62-39)20-37(48-35)24-52(27-42(57)58)28-43(59)60/h5-12,15-20H,1-4,13-14,21-28H2,(H,53,54)(H,55,56)(H,57,58)(H,59,60)(H2,45,49,64)/p-4. The summed E-state index contributed by atoms with van der Waals surface area (Å²) in [5, 5.41) is 55.2. The molecule has 2 N–H and O–H groups in total. The third-order valence-corrected chi connectivity index (χ3v) is 9.75. The summed E-state index contributed by atoms with van der Waals surface area (Å²) in [4.78, 5) is 64.0. The number of thiocarbonyl (C=S) groups is 2. The van der Waals surface area contributed by atoms with E-state index in [0.717, 1.165) is 41.2 Å². The lowest BCUT2D eigenvalue weighted by molar-refractivity contribution is -0.313. The quantitative estimate of drug-likeness (QED) is 0.0421. The van der Waals surface area contributed by atoms with Gasteiger partial charge in [-0.2, -0.15) is 4.99 Å². The molecule has 0 aliphatic carbocycles. The number of furan rings is 2. The van der Waals surface area contributed by atoms with E-state index in [2.05, 4.69) is 37.9 Å². The van der Waals surface area contributed by atoms with Crippen LogP contribution in [0.3, 0.4) is 0 Å². The number of hydrogen-bond donors (Lipinski definition) is 2. The molecule has 0 amide bonds. The fourth-order valence-corrected chi connectivity index (χ4v) is 7.18. The molecule has 5 aromatic rings. The Bertz CT molecular complexity index is 2240. The Morgan fingerprint density at radius 2 is 1.06 bits per heavy atom. The number of benzene rings is 1. The number of aliphatic carboxylic acids is 4. The zero-order valence-electron chi connectivity index (χ0n) is 34.6. The van der Waals surface area contributed by atoms with Crippen molar-refractivity contribution in [2.24, 2.45) is 4.99 Å². The summed E-state index contributed by atoms with van der Waals surface area (Å²) in [6, 6.07) is 21.3. The number of carboxylic acids is 4. The van der Waals surface area contributed by atoms with Gasteiger partial charge in [0.15, 0.2) is 5.11 Å². The Morgan fingerprint density at radius 3 is 1.47 bits per heavy atom. The summed E-state index contributed by atoms with van der Waals surface area (Å²) < 4.78 is 11.4. The van der Waals surface area contributed by atoms with Crippen LogP contribution in [0.2, 0.25) is 0 Å². The normalized spacial score (nSPS) is 11.1. The number of carboxylic acid groups (broad SMARTS) is 4. The van der Waals surface area contributed by atoms with Crippen LogP contribution in [0.5, 0.6) is 0 Å². The number of unbranched alkanes of at least 4 members (excludes halogenated alkanes) is 3. The van der Waals surface area contributed by atoms with Crippen LogP contribution in [-0.2, 0) is 45.4 Å². The minimum absolute atomic E-state index is 0.142. The molecule has 0 saturated heterocycles. The van der Waals surface area contributed by atoms with Gasteiger partial charge in [-0.15, -0.1) is 0 Å². The third-order valence-electron chi connectivity index (χ3n) is 9.41. The number of anilines is 1. The molecular formula is C44H44N8O10S2-4. The first-order valence-electron chi connectivity index (χ1n) is 20.1. The summed E-state index contributed by atoms with van der Waals surface area (Å²) in [5.74, 6) is -4.83. The largest absolute Gasteiger partial charge is 0.549 e. The first kappa shape index (κ1) is 48.4. The molecule has 0 bridgehead atoms. The van der Waals surface area contributed by atoms with Crippen molar-refractivity contribution in [1.82, 2.24) is 30.0 Å². The van der Waals surface area contributed by atoms with Gasteiger partial charge in [-0.05, 0) is 117 Å². The molecule has 4 aromatic heterocycles. The van der Waals surface area contributed by atoms with Crippen LogP contribution in [0, 0.1) is 0 Å². The fraction of sp³-hybridized carbons (Fsp3) is 0.318. The highest BCUT2D eigenvalue weighted by atomic mass is 32.1. The summed E-state index contributed by atoms with van der Waals surface area (Å²) in [5.41, 5.74) is 4.63. The van der Waals surface area contributed by atoms with Crippen LogP contribution in [0.15, 0.2) is 99.1 Å². The molecule has 0 radical (unpaired) electrons. The van der Waals surface area contributed by atoms with Gasteiger partial charge in [0.1, 0.15) is 11.5 Å². The molecule has 4 heterocycles.